The van der Waals surface area contributed by atoms with Crippen molar-refractivity contribution in [1.82, 2.24) is 5.32 Å². The molecular weight excluding hydrogens is 606 g/mol. The fourth-order valence-electron chi connectivity index (χ4n) is 7.85. The topological polar surface area (TPSA) is 100 Å². The van der Waals surface area contributed by atoms with E-state index in [1.165, 1.54) is 5.19 Å². The summed E-state index contributed by atoms with van der Waals surface area (Å²) in [4.78, 5) is 29.1. The van der Waals surface area contributed by atoms with Crippen molar-refractivity contribution in [2.75, 3.05) is 30.5 Å². The Morgan fingerprint density at radius 2 is 1.89 bits per heavy atom. The summed E-state index contributed by atoms with van der Waals surface area (Å²) in [6, 6.07) is 21.3. The molecule has 0 unspecified atom stereocenters. The summed E-state index contributed by atoms with van der Waals surface area (Å²) in [5, 5.41) is 18.1. The van der Waals surface area contributed by atoms with E-state index < -0.39 is 13.7 Å². The van der Waals surface area contributed by atoms with Gasteiger partial charge in [-0.15, -0.1) is 0 Å². The highest BCUT2D eigenvalue weighted by Crippen LogP contribution is 2.60. The molecule has 0 bridgehead atoms. The maximum atomic E-state index is 14.7. The average molecular weight is 648 g/mol. The minimum atomic E-state index is -2.26. The molecule has 3 aromatic carbocycles. The normalized spacial score (nSPS) is 26.0. The van der Waals surface area contributed by atoms with E-state index >= 15 is 0 Å². The highest BCUT2D eigenvalue weighted by Gasteiger charge is 2.66. The van der Waals surface area contributed by atoms with Gasteiger partial charge in [-0.05, 0) is 79.4 Å². The number of benzene rings is 3. The molecule has 45 heavy (non-hydrogen) atoms. The molecule has 6 rings (SSSR count). The van der Waals surface area contributed by atoms with Crippen molar-refractivity contribution in [3.05, 3.63) is 82.9 Å². The molecule has 2 fully saturated rings. The third-order valence-corrected chi connectivity index (χ3v) is 14.7. The lowest BCUT2D eigenvalue weighted by Crippen LogP contribution is -2.51. The molecule has 0 aliphatic carbocycles. The minimum absolute atomic E-state index is 0.0248. The number of nitrogens with one attached hydrogen (secondary N) is 2. The number of rotatable bonds is 9. The summed E-state index contributed by atoms with van der Waals surface area (Å²) < 4.78 is 12.4. The molecule has 2 amide bonds. The Morgan fingerprint density at radius 1 is 1.16 bits per heavy atom. The molecule has 1 spiro atoms. The zero-order valence-corrected chi connectivity index (χ0v) is 28.1. The number of methoxy groups -OCH3 is 1. The molecule has 3 N–H and O–H groups in total. The summed E-state index contributed by atoms with van der Waals surface area (Å²) in [6.45, 7) is 7.95. The Bertz CT molecular complexity index is 1560. The second-order valence-electron chi connectivity index (χ2n) is 13.1. The Balaban J connectivity index is 1.31. The van der Waals surface area contributed by atoms with Crippen molar-refractivity contribution in [3.8, 4) is 5.75 Å². The third kappa shape index (κ3) is 5.59. The summed E-state index contributed by atoms with van der Waals surface area (Å²) >= 11 is 6.58. The van der Waals surface area contributed by atoms with E-state index in [4.69, 9.17) is 21.1 Å². The number of carbonyl (C=O) groups excluding carboxylic acids is 2. The SMILES string of the molecule is COc1ccc([Si](C)(C)[C@@H]2[C@@H](CCO)O[C@]3(C(=O)N(Cc4ccc(NC(=O)[C@H]5CCCN5)cc4)c4ccc(Cl)cc43)[C@H]2C)cc1. The Hall–Kier alpha value is -3.21. The molecule has 8 nitrogen and oxygen atoms in total. The molecule has 3 aliphatic heterocycles. The van der Waals surface area contributed by atoms with Gasteiger partial charge in [-0.1, -0.05) is 61.1 Å². The fourth-order valence-corrected chi connectivity index (χ4v) is 12.1. The number of carbonyl (C=O) groups is 2. The molecule has 2 saturated heterocycles. The maximum Gasteiger partial charge on any atom is 0.264 e. The lowest BCUT2D eigenvalue weighted by atomic mass is 9.82. The monoisotopic (exact) mass is 647 g/mol. The highest BCUT2D eigenvalue weighted by molar-refractivity contribution is 6.91. The number of ether oxygens (including phenoxy) is 2. The van der Waals surface area contributed by atoms with Crippen molar-refractivity contribution in [2.24, 2.45) is 5.92 Å². The van der Waals surface area contributed by atoms with Crippen molar-refractivity contribution in [3.63, 3.8) is 0 Å². The van der Waals surface area contributed by atoms with Gasteiger partial charge in [0.05, 0.1) is 39.6 Å². The number of hydrogen-bond acceptors (Lipinski definition) is 6. The quantitative estimate of drug-likeness (QED) is 0.277. The molecule has 0 aromatic heterocycles. The molecule has 10 heteroatoms. The first-order valence-electron chi connectivity index (χ1n) is 15.8. The van der Waals surface area contributed by atoms with Crippen molar-refractivity contribution in [1.29, 1.82) is 0 Å². The largest absolute Gasteiger partial charge is 0.497 e. The second-order valence-corrected chi connectivity index (χ2v) is 18.2. The fraction of sp³-hybridized carbons (Fsp3) is 0.429. The summed E-state index contributed by atoms with van der Waals surface area (Å²) in [5.74, 6) is 0.494. The van der Waals surface area contributed by atoms with Crippen LogP contribution in [0.2, 0.25) is 23.7 Å². The first-order valence-corrected chi connectivity index (χ1v) is 19.2. The predicted molar refractivity (Wildman–Crippen MR) is 180 cm³/mol. The first-order chi connectivity index (χ1) is 21.6. The van der Waals surface area contributed by atoms with Gasteiger partial charge in [-0.3, -0.25) is 9.59 Å². The van der Waals surface area contributed by atoms with Gasteiger partial charge in [-0.25, -0.2) is 0 Å². The van der Waals surface area contributed by atoms with Gasteiger partial charge in [-0.2, -0.15) is 0 Å². The number of hydrogen-bond donors (Lipinski definition) is 3. The third-order valence-electron chi connectivity index (χ3n) is 10.2. The van der Waals surface area contributed by atoms with Gasteiger partial charge >= 0.3 is 0 Å². The standard InChI is InChI=1S/C35H42ClN3O5Si/c1-22-32(45(3,4)27-14-12-26(43-2)13-15-27)31(17-19-40)44-35(22)28-20-24(36)9-16-30(28)39(34(35)42)21-23-7-10-25(11-8-23)38-33(41)29-6-5-18-37-29/h7-16,20,22,29,31-32,37,40H,5-6,17-19,21H2,1-4H3,(H,38,41)/t22-,29+,31+,32-,35+/m0/s1. The van der Waals surface area contributed by atoms with Gasteiger partial charge in [0.2, 0.25) is 5.91 Å². The predicted octanol–water partition coefficient (Wildman–Crippen LogP) is 5.18. The number of halogens is 1. The Morgan fingerprint density at radius 3 is 2.53 bits per heavy atom. The average Bonchev–Trinajstić information content (AvgIpc) is 3.73. The summed E-state index contributed by atoms with van der Waals surface area (Å²) in [5.41, 5.74) is 2.05. The van der Waals surface area contributed by atoms with E-state index in [-0.39, 0.29) is 42.0 Å². The van der Waals surface area contributed by atoms with Crippen LogP contribution in [-0.2, 0) is 26.5 Å². The van der Waals surface area contributed by atoms with Crippen LogP contribution in [0.5, 0.6) is 5.75 Å². The number of aliphatic hydroxyl groups is 1. The van der Waals surface area contributed by atoms with E-state index in [0.29, 0.717) is 18.0 Å². The molecule has 3 aliphatic rings. The van der Waals surface area contributed by atoms with E-state index in [0.717, 1.165) is 47.6 Å². The van der Waals surface area contributed by atoms with Crippen LogP contribution in [0.15, 0.2) is 66.7 Å². The lowest BCUT2D eigenvalue weighted by molar-refractivity contribution is -0.146. The molecule has 5 atom stereocenters. The van der Waals surface area contributed by atoms with Crippen LogP contribution in [0, 0.1) is 5.92 Å². The van der Waals surface area contributed by atoms with Crippen LogP contribution in [0.1, 0.15) is 37.3 Å². The van der Waals surface area contributed by atoms with Gasteiger partial charge < -0.3 is 30.1 Å². The smallest absolute Gasteiger partial charge is 0.264 e. The van der Waals surface area contributed by atoms with Crippen molar-refractivity contribution in [2.45, 2.75) is 69.1 Å². The van der Waals surface area contributed by atoms with Gasteiger partial charge in [0.25, 0.3) is 5.91 Å². The number of nitrogens with zero attached hydrogens (tertiary/aromatic N) is 1. The maximum absolute atomic E-state index is 14.7. The van der Waals surface area contributed by atoms with Crippen LogP contribution in [0.3, 0.4) is 0 Å². The molecule has 3 aromatic rings. The number of fused-ring (bicyclic) bond motifs is 2. The lowest BCUT2D eigenvalue weighted by Gasteiger charge is -2.37. The van der Waals surface area contributed by atoms with Crippen molar-refractivity contribution >= 4 is 48.1 Å². The van der Waals surface area contributed by atoms with Gasteiger partial charge in [0.1, 0.15) is 5.75 Å². The first kappa shape index (κ1) is 31.8. The number of anilines is 2. The second kappa shape index (κ2) is 12.5. The molecule has 0 saturated carbocycles. The highest BCUT2D eigenvalue weighted by atomic mass is 35.5. The van der Waals surface area contributed by atoms with E-state index in [1.54, 1.807) is 12.0 Å². The van der Waals surface area contributed by atoms with Crippen molar-refractivity contribution < 1.29 is 24.2 Å². The van der Waals surface area contributed by atoms with E-state index in [2.05, 4.69) is 42.8 Å². The molecular formula is C35H42ClN3O5Si. The van der Waals surface area contributed by atoms with E-state index in [1.807, 2.05) is 54.6 Å². The molecule has 3 heterocycles. The zero-order chi connectivity index (χ0) is 31.9. The van der Waals surface area contributed by atoms with Crippen LogP contribution in [-0.4, -0.2) is 57.4 Å². The van der Waals surface area contributed by atoms with Gasteiger partial charge in [0.15, 0.2) is 5.60 Å². The number of aliphatic hydroxyl groups excluding tert-OH is 1. The Labute approximate surface area is 271 Å². The van der Waals surface area contributed by atoms with Crippen LogP contribution >= 0.6 is 11.6 Å². The number of amides is 2. The van der Waals surface area contributed by atoms with E-state index in [9.17, 15) is 14.7 Å². The zero-order valence-electron chi connectivity index (χ0n) is 26.3. The molecule has 0 radical (unpaired) electrons. The Kier molecular flexibility index (Phi) is 8.84. The molecule has 238 valence electrons. The summed E-state index contributed by atoms with van der Waals surface area (Å²) in [6.07, 6.45) is 1.98. The minimum Gasteiger partial charge on any atom is -0.497 e. The van der Waals surface area contributed by atoms with Gasteiger partial charge in [0, 0.05) is 28.8 Å². The van der Waals surface area contributed by atoms with Crippen LogP contribution < -0.4 is 25.5 Å². The van der Waals surface area contributed by atoms with Crippen LogP contribution in [0.4, 0.5) is 11.4 Å². The van der Waals surface area contributed by atoms with Crippen LogP contribution in [0.25, 0.3) is 0 Å². The summed E-state index contributed by atoms with van der Waals surface area (Å²) in [7, 11) is -0.604.